The van der Waals surface area contributed by atoms with Gasteiger partial charge in [0, 0.05) is 18.5 Å². The molecule has 1 unspecified atom stereocenters. The third kappa shape index (κ3) is 4.23. The van der Waals surface area contributed by atoms with Gasteiger partial charge in [-0.15, -0.1) is 5.10 Å². The number of hydrogen-bond acceptors (Lipinski definition) is 5. The largest absolute Gasteiger partial charge is 0.376 e. The van der Waals surface area contributed by atoms with Crippen molar-refractivity contribution in [2.24, 2.45) is 0 Å². The molecule has 1 aliphatic heterocycles. The molecule has 0 radical (unpaired) electrons. The van der Waals surface area contributed by atoms with Crippen molar-refractivity contribution in [3.63, 3.8) is 0 Å². The number of carbonyl (C=O) groups is 1. The Kier molecular flexibility index (Phi) is 6.01. The summed E-state index contributed by atoms with van der Waals surface area (Å²) in [4.78, 5) is 26.9. The molecule has 7 nitrogen and oxygen atoms in total. The molecule has 152 valence electrons. The molecule has 1 saturated heterocycles. The lowest BCUT2D eigenvalue weighted by molar-refractivity contribution is -0.116. The lowest BCUT2D eigenvalue weighted by atomic mass is 10.1. The molecule has 0 aliphatic carbocycles. The van der Waals surface area contributed by atoms with Crippen LogP contribution < -0.4 is 10.6 Å². The number of rotatable bonds is 7. The quantitative estimate of drug-likeness (QED) is 0.604. The van der Waals surface area contributed by atoms with Gasteiger partial charge in [-0.3, -0.25) is 9.36 Å². The number of anilines is 1. The normalized spacial score (nSPS) is 16.4. The zero-order valence-electron chi connectivity index (χ0n) is 16.3. The molecule has 1 aromatic heterocycles. The van der Waals surface area contributed by atoms with E-state index in [1.54, 1.807) is 9.47 Å². The van der Waals surface area contributed by atoms with Crippen LogP contribution in [0.4, 0.5) is 5.69 Å². The fraction of sp³-hybridized carbons (Fsp3) is 0.381. The molecule has 0 saturated carbocycles. The Hall–Kier alpha value is -2.58. The maximum atomic E-state index is 13.0. The first-order valence-electron chi connectivity index (χ1n) is 9.85. The fourth-order valence-electron chi connectivity index (χ4n) is 3.70. The molecular formula is C21H24N4O3S. The predicted molar refractivity (Wildman–Crippen MR) is 115 cm³/mol. The zero-order chi connectivity index (χ0) is 20.2. The highest BCUT2D eigenvalue weighted by atomic mass is 32.2. The van der Waals surface area contributed by atoms with Crippen molar-refractivity contribution in [3.8, 4) is 0 Å². The molecule has 1 amide bonds. The average Bonchev–Trinajstić information content (AvgIpc) is 3.38. The van der Waals surface area contributed by atoms with Crippen molar-refractivity contribution in [3.05, 3.63) is 52.9 Å². The van der Waals surface area contributed by atoms with Crippen LogP contribution >= 0.6 is 11.8 Å². The van der Waals surface area contributed by atoms with Crippen molar-refractivity contribution < 1.29 is 9.53 Å². The second-order valence-corrected chi connectivity index (χ2v) is 7.92. The van der Waals surface area contributed by atoms with Crippen LogP contribution in [0.3, 0.4) is 0 Å². The lowest BCUT2D eigenvalue weighted by Crippen LogP contribution is -2.32. The fourth-order valence-corrected chi connectivity index (χ4v) is 4.53. The van der Waals surface area contributed by atoms with Gasteiger partial charge in [-0.25, -0.2) is 9.89 Å². The molecule has 8 heteroatoms. The Bertz CT molecular complexity index is 1050. The van der Waals surface area contributed by atoms with E-state index in [9.17, 15) is 9.59 Å². The van der Waals surface area contributed by atoms with E-state index < -0.39 is 0 Å². The van der Waals surface area contributed by atoms with Gasteiger partial charge in [0.2, 0.25) is 5.91 Å². The Morgan fingerprint density at radius 2 is 2.14 bits per heavy atom. The third-order valence-corrected chi connectivity index (χ3v) is 6.09. The molecular weight excluding hydrogens is 388 g/mol. The lowest BCUT2D eigenvalue weighted by Gasteiger charge is -2.22. The number of carbonyl (C=O) groups excluding carboxylic acids is 1. The molecule has 1 N–H and O–H groups in total. The van der Waals surface area contributed by atoms with E-state index in [1.165, 1.54) is 11.8 Å². The number of nitrogens with one attached hydrogen (secondary N) is 1. The first-order chi connectivity index (χ1) is 14.2. The number of H-pyrrole nitrogens is 1. The Balaban J connectivity index is 1.49. The smallest absolute Gasteiger partial charge is 0.344 e. The number of thioether (sulfide) groups is 1. The number of benzene rings is 2. The van der Waals surface area contributed by atoms with E-state index in [0.29, 0.717) is 18.2 Å². The van der Waals surface area contributed by atoms with E-state index in [-0.39, 0.29) is 23.5 Å². The molecule has 1 aliphatic rings. The van der Waals surface area contributed by atoms with Crippen LogP contribution in [0.2, 0.25) is 0 Å². The molecule has 1 atom stereocenters. The van der Waals surface area contributed by atoms with E-state index in [4.69, 9.17) is 4.74 Å². The van der Waals surface area contributed by atoms with E-state index in [2.05, 4.69) is 10.2 Å². The Morgan fingerprint density at radius 1 is 1.31 bits per heavy atom. The molecule has 3 aromatic rings. The Morgan fingerprint density at radius 3 is 2.93 bits per heavy atom. The summed E-state index contributed by atoms with van der Waals surface area (Å²) in [5.41, 5.74) is 0.631. The maximum Gasteiger partial charge on any atom is 0.344 e. The van der Waals surface area contributed by atoms with Crippen molar-refractivity contribution >= 4 is 34.1 Å². The number of fused-ring (bicyclic) bond motifs is 1. The van der Waals surface area contributed by atoms with Crippen LogP contribution in [0.25, 0.3) is 10.8 Å². The van der Waals surface area contributed by atoms with Crippen molar-refractivity contribution in [1.82, 2.24) is 14.8 Å². The first-order valence-corrected chi connectivity index (χ1v) is 10.8. The predicted octanol–water partition coefficient (Wildman–Crippen LogP) is 3.05. The number of hydrogen-bond donors (Lipinski definition) is 1. The topological polar surface area (TPSA) is 80.2 Å². The summed E-state index contributed by atoms with van der Waals surface area (Å²) in [5, 5.41) is 9.26. The molecule has 2 aromatic carbocycles. The maximum absolute atomic E-state index is 13.0. The van der Waals surface area contributed by atoms with E-state index in [1.807, 2.05) is 49.4 Å². The molecule has 2 heterocycles. The highest BCUT2D eigenvalue weighted by Crippen LogP contribution is 2.28. The number of aromatic nitrogens is 3. The summed E-state index contributed by atoms with van der Waals surface area (Å²) < 4.78 is 7.20. The summed E-state index contributed by atoms with van der Waals surface area (Å²) in [6, 6.07) is 14.0. The molecule has 29 heavy (non-hydrogen) atoms. The number of amides is 1. The van der Waals surface area contributed by atoms with Crippen molar-refractivity contribution in [1.29, 1.82) is 0 Å². The van der Waals surface area contributed by atoms with Crippen LogP contribution in [0, 0.1) is 0 Å². The number of ether oxygens (including phenoxy) is 1. The molecule has 4 rings (SSSR count). The highest BCUT2D eigenvalue weighted by Gasteiger charge is 2.22. The summed E-state index contributed by atoms with van der Waals surface area (Å²) in [5.74, 6) is 0.181. The van der Waals surface area contributed by atoms with Crippen LogP contribution in [-0.2, 0) is 16.1 Å². The van der Waals surface area contributed by atoms with Gasteiger partial charge in [0.05, 0.1) is 24.1 Å². The summed E-state index contributed by atoms with van der Waals surface area (Å²) in [6.45, 7) is 3.73. The molecule has 0 spiro atoms. The van der Waals surface area contributed by atoms with Gasteiger partial charge < -0.3 is 9.64 Å². The standard InChI is InChI=1S/C21H24N4O3S/c1-2-24(18-11-5-8-15-7-3-4-10-17(15)18)19(26)14-29-21-23-22-20(27)25(21)13-16-9-6-12-28-16/h3-5,7-8,10-11,16H,2,6,9,12-14H2,1H3,(H,22,27). The van der Waals surface area contributed by atoms with Crippen LogP contribution in [0.5, 0.6) is 0 Å². The minimum absolute atomic E-state index is 0.0204. The van der Waals surface area contributed by atoms with E-state index >= 15 is 0 Å². The SMILES string of the molecule is CCN(C(=O)CSc1n[nH]c(=O)n1CC1CCCO1)c1cccc2ccccc12. The minimum atomic E-state index is -0.267. The second kappa shape index (κ2) is 8.84. The average molecular weight is 413 g/mol. The van der Waals surface area contributed by atoms with Gasteiger partial charge in [0.15, 0.2) is 5.16 Å². The summed E-state index contributed by atoms with van der Waals surface area (Å²) >= 11 is 1.28. The van der Waals surface area contributed by atoms with Gasteiger partial charge in [0.1, 0.15) is 0 Å². The second-order valence-electron chi connectivity index (χ2n) is 6.98. The minimum Gasteiger partial charge on any atom is -0.376 e. The summed E-state index contributed by atoms with van der Waals surface area (Å²) in [7, 11) is 0. The van der Waals surface area contributed by atoms with Crippen molar-refractivity contribution in [2.45, 2.75) is 37.6 Å². The third-order valence-electron chi connectivity index (χ3n) is 5.13. The molecule has 0 bridgehead atoms. The van der Waals surface area contributed by atoms with Crippen molar-refractivity contribution in [2.75, 3.05) is 23.8 Å². The Labute approximate surface area is 173 Å². The highest BCUT2D eigenvalue weighted by molar-refractivity contribution is 7.99. The van der Waals surface area contributed by atoms with Gasteiger partial charge in [-0.05, 0) is 31.2 Å². The monoisotopic (exact) mass is 412 g/mol. The van der Waals surface area contributed by atoms with Crippen LogP contribution in [-0.4, -0.2) is 45.7 Å². The van der Waals surface area contributed by atoms with Gasteiger partial charge in [-0.1, -0.05) is 48.2 Å². The van der Waals surface area contributed by atoms with Gasteiger partial charge in [0.25, 0.3) is 0 Å². The number of nitrogens with zero attached hydrogens (tertiary/aromatic N) is 3. The van der Waals surface area contributed by atoms with Crippen LogP contribution in [0.15, 0.2) is 52.4 Å². The van der Waals surface area contributed by atoms with Gasteiger partial charge in [-0.2, -0.15) is 0 Å². The number of aromatic amines is 1. The van der Waals surface area contributed by atoms with Crippen LogP contribution in [0.1, 0.15) is 19.8 Å². The molecule has 1 fully saturated rings. The summed E-state index contributed by atoms with van der Waals surface area (Å²) in [6.07, 6.45) is 1.98. The van der Waals surface area contributed by atoms with E-state index in [0.717, 1.165) is 35.9 Å². The zero-order valence-corrected chi connectivity index (χ0v) is 17.2. The van der Waals surface area contributed by atoms with Gasteiger partial charge >= 0.3 is 5.69 Å². The first kappa shape index (κ1) is 19.7.